The third-order valence-corrected chi connectivity index (χ3v) is 7.07. The van der Waals surface area contributed by atoms with Crippen molar-refractivity contribution in [2.24, 2.45) is 0 Å². The second-order valence-corrected chi connectivity index (χ2v) is 9.45. The average Bonchev–Trinajstić information content (AvgIpc) is 3.41. The first-order valence-corrected chi connectivity index (χ1v) is 11.8. The van der Waals surface area contributed by atoms with Crippen molar-refractivity contribution < 1.29 is 4.79 Å². The molecule has 1 unspecified atom stereocenters. The molecular formula is C28H28N4O. The molecule has 2 aromatic heterocycles. The van der Waals surface area contributed by atoms with Crippen LogP contribution in [-0.2, 0) is 19.3 Å². The maximum Gasteiger partial charge on any atom is 0.322 e. The van der Waals surface area contributed by atoms with Crippen LogP contribution in [0.1, 0.15) is 51.5 Å². The maximum atomic E-state index is 13.6. The molecule has 166 valence electrons. The molecule has 33 heavy (non-hydrogen) atoms. The number of pyridine rings is 1. The van der Waals surface area contributed by atoms with E-state index in [0.717, 1.165) is 52.8 Å². The minimum atomic E-state index is -0.167. The van der Waals surface area contributed by atoms with Gasteiger partial charge in [-0.1, -0.05) is 24.3 Å². The van der Waals surface area contributed by atoms with E-state index in [4.69, 9.17) is 0 Å². The lowest BCUT2D eigenvalue weighted by molar-refractivity contribution is 0.193. The second-order valence-electron chi connectivity index (χ2n) is 9.45. The summed E-state index contributed by atoms with van der Waals surface area (Å²) in [6.07, 6.45) is 6.11. The van der Waals surface area contributed by atoms with Crippen molar-refractivity contribution in [3.05, 3.63) is 93.8 Å². The SMILES string of the molecule is Cc1cc(C)cc(NC(=O)N2CCc3c([nH]c4ncccc34)C2c2ccc3c(c2)CCC3)c1. The van der Waals surface area contributed by atoms with Crippen molar-refractivity contribution >= 4 is 22.8 Å². The number of nitrogens with zero attached hydrogens (tertiary/aromatic N) is 2. The molecule has 2 amide bonds. The first kappa shape index (κ1) is 20.0. The molecule has 5 heteroatoms. The highest BCUT2D eigenvalue weighted by atomic mass is 16.2. The van der Waals surface area contributed by atoms with Crippen molar-refractivity contribution in [1.82, 2.24) is 14.9 Å². The van der Waals surface area contributed by atoms with Crippen molar-refractivity contribution in [1.29, 1.82) is 0 Å². The van der Waals surface area contributed by atoms with Gasteiger partial charge in [0.1, 0.15) is 5.65 Å². The van der Waals surface area contributed by atoms with Crippen molar-refractivity contribution in [2.45, 2.75) is 45.6 Å². The second kappa shape index (κ2) is 7.77. The molecule has 2 aliphatic rings. The van der Waals surface area contributed by atoms with E-state index < -0.39 is 0 Å². The van der Waals surface area contributed by atoms with E-state index in [-0.39, 0.29) is 12.1 Å². The molecule has 0 spiro atoms. The van der Waals surface area contributed by atoms with Gasteiger partial charge in [0.15, 0.2) is 0 Å². The average molecular weight is 437 g/mol. The van der Waals surface area contributed by atoms with Gasteiger partial charge in [-0.3, -0.25) is 0 Å². The number of urea groups is 1. The molecule has 0 radical (unpaired) electrons. The van der Waals surface area contributed by atoms with Crippen LogP contribution in [0.2, 0.25) is 0 Å². The van der Waals surface area contributed by atoms with Crippen LogP contribution in [0.15, 0.2) is 54.7 Å². The molecule has 2 N–H and O–H groups in total. The minimum absolute atomic E-state index is 0.0669. The summed E-state index contributed by atoms with van der Waals surface area (Å²) < 4.78 is 0. The highest BCUT2D eigenvalue weighted by Crippen LogP contribution is 2.39. The quantitative estimate of drug-likeness (QED) is 0.414. The normalized spacial score (nSPS) is 17.2. The number of hydrogen-bond donors (Lipinski definition) is 2. The summed E-state index contributed by atoms with van der Waals surface area (Å²) in [5.74, 6) is 0. The van der Waals surface area contributed by atoms with Gasteiger partial charge in [-0.15, -0.1) is 0 Å². The predicted octanol–water partition coefficient (Wildman–Crippen LogP) is 5.85. The lowest BCUT2D eigenvalue weighted by atomic mass is 9.91. The minimum Gasteiger partial charge on any atom is -0.341 e. The number of H-pyrrole nitrogens is 1. The Morgan fingerprint density at radius 2 is 1.85 bits per heavy atom. The van der Waals surface area contributed by atoms with Crippen LogP contribution in [0.25, 0.3) is 11.0 Å². The number of benzene rings is 2. The zero-order valence-corrected chi connectivity index (χ0v) is 19.1. The number of nitrogens with one attached hydrogen (secondary N) is 2. The standard InChI is InChI=1S/C28H28N4O/c1-17-13-18(2)15-22(14-17)30-28(33)32-12-10-23-24-7-4-11-29-27(24)31-25(23)26(32)21-9-8-19-5-3-6-20(19)16-21/h4,7-9,11,13-16,26H,3,5-6,10,12H2,1-2H3,(H,29,31)(H,30,33). The number of rotatable bonds is 2. The summed E-state index contributed by atoms with van der Waals surface area (Å²) >= 11 is 0. The highest BCUT2D eigenvalue weighted by molar-refractivity contribution is 5.91. The number of aryl methyl sites for hydroxylation is 4. The van der Waals surface area contributed by atoms with Gasteiger partial charge < -0.3 is 15.2 Å². The van der Waals surface area contributed by atoms with E-state index in [1.807, 2.05) is 29.3 Å². The molecule has 0 bridgehead atoms. The van der Waals surface area contributed by atoms with Crippen LogP contribution in [0.3, 0.4) is 0 Å². The van der Waals surface area contributed by atoms with Crippen LogP contribution >= 0.6 is 0 Å². The van der Waals surface area contributed by atoms with E-state index in [9.17, 15) is 4.79 Å². The van der Waals surface area contributed by atoms with Gasteiger partial charge in [0.2, 0.25) is 0 Å². The predicted molar refractivity (Wildman–Crippen MR) is 132 cm³/mol. The molecule has 6 rings (SSSR count). The molecule has 0 saturated heterocycles. The molecule has 2 aromatic carbocycles. The number of amides is 2. The van der Waals surface area contributed by atoms with Gasteiger partial charge in [0, 0.05) is 29.5 Å². The van der Waals surface area contributed by atoms with Crippen LogP contribution in [-0.4, -0.2) is 27.4 Å². The lowest BCUT2D eigenvalue weighted by Gasteiger charge is -2.36. The molecule has 1 atom stereocenters. The summed E-state index contributed by atoms with van der Waals surface area (Å²) in [6, 6.07) is 16.8. The first-order valence-electron chi connectivity index (χ1n) is 11.8. The van der Waals surface area contributed by atoms with Crippen molar-refractivity contribution in [2.75, 3.05) is 11.9 Å². The van der Waals surface area contributed by atoms with Crippen LogP contribution < -0.4 is 5.32 Å². The summed E-state index contributed by atoms with van der Waals surface area (Å²) in [6.45, 7) is 4.77. The Labute approximate surface area is 193 Å². The molecule has 0 fully saturated rings. The summed E-state index contributed by atoms with van der Waals surface area (Å²) in [4.78, 5) is 23.7. The third-order valence-electron chi connectivity index (χ3n) is 7.07. The van der Waals surface area contributed by atoms with Crippen LogP contribution in [0.5, 0.6) is 0 Å². The van der Waals surface area contributed by atoms with Crippen molar-refractivity contribution in [3.63, 3.8) is 0 Å². The van der Waals surface area contributed by atoms with E-state index >= 15 is 0 Å². The topological polar surface area (TPSA) is 61.0 Å². The molecular weight excluding hydrogens is 408 g/mol. The number of carbonyl (C=O) groups excluding carboxylic acids is 1. The maximum absolute atomic E-state index is 13.6. The molecule has 5 nitrogen and oxygen atoms in total. The Morgan fingerprint density at radius 1 is 1.03 bits per heavy atom. The van der Waals surface area contributed by atoms with Gasteiger partial charge in [-0.05, 0) is 97.2 Å². The zero-order chi connectivity index (χ0) is 22.5. The number of anilines is 1. The summed E-state index contributed by atoms with van der Waals surface area (Å²) in [5, 5.41) is 4.33. The van der Waals surface area contributed by atoms with Crippen molar-refractivity contribution in [3.8, 4) is 0 Å². The molecule has 1 aliphatic carbocycles. The van der Waals surface area contributed by atoms with Crippen LogP contribution in [0, 0.1) is 13.8 Å². The zero-order valence-electron chi connectivity index (χ0n) is 19.1. The Bertz CT molecular complexity index is 1370. The molecule has 1 aliphatic heterocycles. The first-order chi connectivity index (χ1) is 16.1. The Balaban J connectivity index is 1.43. The number of hydrogen-bond acceptors (Lipinski definition) is 2. The molecule has 4 aromatic rings. The van der Waals surface area contributed by atoms with Gasteiger partial charge >= 0.3 is 6.03 Å². The lowest BCUT2D eigenvalue weighted by Crippen LogP contribution is -2.43. The van der Waals surface area contributed by atoms with E-state index in [1.165, 1.54) is 28.7 Å². The smallest absolute Gasteiger partial charge is 0.322 e. The summed E-state index contributed by atoms with van der Waals surface area (Å²) in [5.41, 5.74) is 10.4. The number of aromatic nitrogens is 2. The van der Waals surface area contributed by atoms with E-state index in [2.05, 4.69) is 59.5 Å². The van der Waals surface area contributed by atoms with Gasteiger partial charge in [0.25, 0.3) is 0 Å². The van der Waals surface area contributed by atoms with Gasteiger partial charge in [-0.25, -0.2) is 9.78 Å². The fourth-order valence-electron chi connectivity index (χ4n) is 5.69. The van der Waals surface area contributed by atoms with E-state index in [0.29, 0.717) is 6.54 Å². The van der Waals surface area contributed by atoms with Gasteiger partial charge in [0.05, 0.1) is 6.04 Å². The third kappa shape index (κ3) is 3.48. The highest BCUT2D eigenvalue weighted by Gasteiger charge is 2.35. The monoisotopic (exact) mass is 436 g/mol. The largest absolute Gasteiger partial charge is 0.341 e. The van der Waals surface area contributed by atoms with Gasteiger partial charge in [-0.2, -0.15) is 0 Å². The fourth-order valence-corrected chi connectivity index (χ4v) is 5.69. The van der Waals surface area contributed by atoms with E-state index in [1.54, 1.807) is 0 Å². The Hall–Kier alpha value is -3.60. The fraction of sp³-hybridized carbons (Fsp3) is 0.286. The van der Waals surface area contributed by atoms with Crippen LogP contribution in [0.4, 0.5) is 10.5 Å². The Kier molecular flexibility index (Phi) is 4.72. The molecule has 3 heterocycles. The number of aromatic amines is 1. The summed E-state index contributed by atoms with van der Waals surface area (Å²) in [7, 11) is 0. The number of fused-ring (bicyclic) bond motifs is 4. The Morgan fingerprint density at radius 3 is 2.70 bits per heavy atom. The number of carbonyl (C=O) groups is 1. The molecule has 0 saturated carbocycles.